The predicted molar refractivity (Wildman–Crippen MR) is 96.3 cm³/mol. The molecule has 0 atom stereocenters. The summed E-state index contributed by atoms with van der Waals surface area (Å²) in [6.07, 6.45) is 3.72. The standard InChI is InChI=1S/C19H20N4O/c20-14-15-6-4-7-16(12-15)21-19(24)22-17-8-5-9-18(13-17)23-10-2-1-3-11-23/h4-9,12-13H,1-3,10-11H2,(H2,21,22,24). The Bertz CT molecular complexity index is 760. The summed E-state index contributed by atoms with van der Waals surface area (Å²) in [5.41, 5.74) is 3.00. The van der Waals surface area contributed by atoms with E-state index in [-0.39, 0.29) is 6.03 Å². The summed E-state index contributed by atoms with van der Waals surface area (Å²) in [7, 11) is 0. The van der Waals surface area contributed by atoms with Gasteiger partial charge in [0.2, 0.25) is 0 Å². The second-order valence-corrected chi connectivity index (χ2v) is 5.87. The zero-order valence-electron chi connectivity index (χ0n) is 13.5. The highest BCUT2D eigenvalue weighted by Crippen LogP contribution is 2.23. The van der Waals surface area contributed by atoms with Crippen molar-refractivity contribution in [3.05, 3.63) is 54.1 Å². The highest BCUT2D eigenvalue weighted by molar-refractivity contribution is 6.00. The molecule has 122 valence electrons. The van der Waals surface area contributed by atoms with Gasteiger partial charge in [0.05, 0.1) is 11.6 Å². The first-order chi connectivity index (χ1) is 11.7. The van der Waals surface area contributed by atoms with Gasteiger partial charge in [-0.25, -0.2) is 4.79 Å². The minimum absolute atomic E-state index is 0.319. The van der Waals surface area contributed by atoms with Crippen molar-refractivity contribution in [3.63, 3.8) is 0 Å². The van der Waals surface area contributed by atoms with Crippen LogP contribution in [0.2, 0.25) is 0 Å². The third kappa shape index (κ3) is 4.05. The van der Waals surface area contributed by atoms with Crippen LogP contribution in [0.15, 0.2) is 48.5 Å². The summed E-state index contributed by atoms with van der Waals surface area (Å²) in [5.74, 6) is 0. The number of carbonyl (C=O) groups excluding carboxylic acids is 1. The Hall–Kier alpha value is -3.00. The molecule has 1 aliphatic rings. The SMILES string of the molecule is N#Cc1cccc(NC(=O)Nc2cccc(N3CCCCC3)c2)c1. The van der Waals surface area contributed by atoms with Crippen molar-refractivity contribution in [1.29, 1.82) is 5.26 Å². The molecule has 1 heterocycles. The molecule has 2 amide bonds. The van der Waals surface area contributed by atoms with Gasteiger partial charge in [-0.1, -0.05) is 12.1 Å². The Labute approximate surface area is 141 Å². The number of carbonyl (C=O) groups is 1. The molecule has 5 nitrogen and oxygen atoms in total. The van der Waals surface area contributed by atoms with Gasteiger partial charge in [0.25, 0.3) is 0 Å². The second kappa shape index (κ2) is 7.51. The largest absolute Gasteiger partial charge is 0.371 e. The molecule has 1 aliphatic heterocycles. The van der Waals surface area contributed by atoms with Crippen LogP contribution < -0.4 is 15.5 Å². The van der Waals surface area contributed by atoms with E-state index >= 15 is 0 Å². The monoisotopic (exact) mass is 320 g/mol. The van der Waals surface area contributed by atoms with E-state index in [1.807, 2.05) is 18.2 Å². The van der Waals surface area contributed by atoms with Gasteiger partial charge in [-0.2, -0.15) is 5.26 Å². The van der Waals surface area contributed by atoms with Crippen LogP contribution in [0.3, 0.4) is 0 Å². The average Bonchev–Trinajstić information content (AvgIpc) is 2.63. The predicted octanol–water partition coefficient (Wildman–Crippen LogP) is 4.19. The number of piperidine rings is 1. The van der Waals surface area contributed by atoms with Gasteiger partial charge >= 0.3 is 6.03 Å². The second-order valence-electron chi connectivity index (χ2n) is 5.87. The highest BCUT2D eigenvalue weighted by Gasteiger charge is 2.11. The fourth-order valence-corrected chi connectivity index (χ4v) is 2.89. The van der Waals surface area contributed by atoms with Crippen molar-refractivity contribution in [2.24, 2.45) is 0 Å². The third-order valence-electron chi connectivity index (χ3n) is 4.07. The van der Waals surface area contributed by atoms with Crippen molar-refractivity contribution in [2.75, 3.05) is 28.6 Å². The van der Waals surface area contributed by atoms with Crippen LogP contribution in [0.1, 0.15) is 24.8 Å². The molecule has 0 saturated carbocycles. The number of rotatable bonds is 3. The first kappa shape index (κ1) is 15.9. The van der Waals surface area contributed by atoms with Crippen molar-refractivity contribution in [1.82, 2.24) is 0 Å². The Balaban J connectivity index is 1.64. The molecule has 0 spiro atoms. The molecular formula is C19H20N4O. The minimum Gasteiger partial charge on any atom is -0.371 e. The number of anilines is 3. The van der Waals surface area contributed by atoms with E-state index in [4.69, 9.17) is 5.26 Å². The molecule has 1 fully saturated rings. The van der Waals surface area contributed by atoms with Crippen molar-refractivity contribution < 1.29 is 4.79 Å². The molecule has 0 unspecified atom stereocenters. The summed E-state index contributed by atoms with van der Waals surface area (Å²) < 4.78 is 0. The maximum atomic E-state index is 12.2. The van der Waals surface area contributed by atoms with E-state index in [2.05, 4.69) is 27.7 Å². The summed E-state index contributed by atoms with van der Waals surface area (Å²) in [6.45, 7) is 2.13. The molecule has 0 aromatic heterocycles. The Morgan fingerprint density at radius 2 is 1.62 bits per heavy atom. The van der Waals surface area contributed by atoms with Gasteiger partial charge in [0.1, 0.15) is 0 Å². The van der Waals surface area contributed by atoms with Crippen LogP contribution in [0.4, 0.5) is 21.9 Å². The summed E-state index contributed by atoms with van der Waals surface area (Å²) >= 11 is 0. The fourth-order valence-electron chi connectivity index (χ4n) is 2.89. The lowest BCUT2D eigenvalue weighted by molar-refractivity contribution is 0.262. The lowest BCUT2D eigenvalue weighted by Gasteiger charge is -2.29. The van der Waals surface area contributed by atoms with Crippen molar-refractivity contribution in [3.8, 4) is 6.07 Å². The van der Waals surface area contributed by atoms with E-state index in [0.717, 1.165) is 24.5 Å². The zero-order valence-corrected chi connectivity index (χ0v) is 13.5. The normalized spacial score (nSPS) is 13.9. The van der Waals surface area contributed by atoms with Crippen LogP contribution >= 0.6 is 0 Å². The van der Waals surface area contributed by atoms with Gasteiger partial charge in [-0.05, 0) is 55.7 Å². The molecule has 0 radical (unpaired) electrons. The first-order valence-electron chi connectivity index (χ1n) is 8.18. The third-order valence-corrected chi connectivity index (χ3v) is 4.07. The molecular weight excluding hydrogens is 300 g/mol. The zero-order chi connectivity index (χ0) is 16.8. The molecule has 24 heavy (non-hydrogen) atoms. The van der Waals surface area contributed by atoms with Gasteiger partial charge < -0.3 is 15.5 Å². The molecule has 2 N–H and O–H groups in total. The van der Waals surface area contributed by atoms with Crippen LogP contribution in [0.5, 0.6) is 0 Å². The minimum atomic E-state index is -0.319. The van der Waals surface area contributed by atoms with E-state index in [0.29, 0.717) is 11.3 Å². The van der Waals surface area contributed by atoms with Gasteiger partial charge in [-0.15, -0.1) is 0 Å². The Morgan fingerprint density at radius 1 is 0.958 bits per heavy atom. The van der Waals surface area contributed by atoms with E-state index in [1.165, 1.54) is 19.3 Å². The average molecular weight is 320 g/mol. The number of nitrogens with one attached hydrogen (secondary N) is 2. The maximum Gasteiger partial charge on any atom is 0.323 e. The summed E-state index contributed by atoms with van der Waals surface area (Å²) in [6, 6.07) is 16.5. The van der Waals surface area contributed by atoms with Crippen LogP contribution in [-0.4, -0.2) is 19.1 Å². The number of nitriles is 1. The number of urea groups is 1. The lowest BCUT2D eigenvalue weighted by atomic mass is 10.1. The van der Waals surface area contributed by atoms with Crippen LogP contribution in [0.25, 0.3) is 0 Å². The smallest absolute Gasteiger partial charge is 0.323 e. The van der Waals surface area contributed by atoms with Crippen LogP contribution in [-0.2, 0) is 0 Å². The van der Waals surface area contributed by atoms with E-state index in [1.54, 1.807) is 24.3 Å². The van der Waals surface area contributed by atoms with Gasteiger partial charge in [0.15, 0.2) is 0 Å². The summed E-state index contributed by atoms with van der Waals surface area (Å²) in [5, 5.41) is 14.5. The highest BCUT2D eigenvalue weighted by atomic mass is 16.2. The topological polar surface area (TPSA) is 68.2 Å². The molecule has 2 aromatic carbocycles. The lowest BCUT2D eigenvalue weighted by Crippen LogP contribution is -2.29. The number of benzene rings is 2. The van der Waals surface area contributed by atoms with Crippen molar-refractivity contribution >= 4 is 23.1 Å². The Kier molecular flexibility index (Phi) is 4.97. The number of amides is 2. The maximum absolute atomic E-state index is 12.2. The van der Waals surface area contributed by atoms with E-state index < -0.39 is 0 Å². The molecule has 0 bridgehead atoms. The number of hydrogen-bond donors (Lipinski definition) is 2. The summed E-state index contributed by atoms with van der Waals surface area (Å²) in [4.78, 5) is 14.5. The fraction of sp³-hybridized carbons (Fsp3) is 0.263. The van der Waals surface area contributed by atoms with Crippen LogP contribution in [0, 0.1) is 11.3 Å². The van der Waals surface area contributed by atoms with Crippen molar-refractivity contribution in [2.45, 2.75) is 19.3 Å². The molecule has 1 saturated heterocycles. The number of nitrogens with zero attached hydrogens (tertiary/aromatic N) is 2. The molecule has 2 aromatic rings. The quantitative estimate of drug-likeness (QED) is 0.891. The first-order valence-corrected chi connectivity index (χ1v) is 8.18. The van der Waals surface area contributed by atoms with E-state index in [9.17, 15) is 4.79 Å². The molecule has 0 aliphatic carbocycles. The molecule has 5 heteroatoms. The Morgan fingerprint density at radius 3 is 2.33 bits per heavy atom. The molecule has 3 rings (SSSR count). The number of hydrogen-bond acceptors (Lipinski definition) is 3. The van der Waals surface area contributed by atoms with Gasteiger partial charge in [0, 0.05) is 30.2 Å². The van der Waals surface area contributed by atoms with Gasteiger partial charge in [-0.3, -0.25) is 0 Å².